The van der Waals surface area contributed by atoms with Crippen LogP contribution in [-0.4, -0.2) is 15.3 Å². The lowest BCUT2D eigenvalue weighted by Gasteiger charge is -2.05. The number of fused-ring (bicyclic) bond motifs is 1. The van der Waals surface area contributed by atoms with Gasteiger partial charge in [0.2, 0.25) is 5.91 Å². The Labute approximate surface area is 127 Å². The number of carbonyl (C=O) groups excluding carboxylic acids is 1. The Balaban J connectivity index is 1.77. The van der Waals surface area contributed by atoms with Crippen LogP contribution in [0.25, 0.3) is 5.65 Å². The molecule has 2 aromatic heterocycles. The van der Waals surface area contributed by atoms with Crippen molar-refractivity contribution in [3.05, 3.63) is 64.9 Å². The van der Waals surface area contributed by atoms with Crippen LogP contribution in [-0.2, 0) is 11.2 Å². The van der Waals surface area contributed by atoms with Gasteiger partial charge in [-0.1, -0.05) is 23.7 Å². The van der Waals surface area contributed by atoms with Gasteiger partial charge in [-0.05, 0) is 42.3 Å². The number of hydrogen-bond donors (Lipinski definition) is 1. The normalized spacial score (nSPS) is 10.8. The maximum absolute atomic E-state index is 12.1. The molecule has 0 bridgehead atoms. The second-order valence-corrected chi connectivity index (χ2v) is 5.37. The summed E-state index contributed by atoms with van der Waals surface area (Å²) in [5, 5.41) is 3.50. The van der Waals surface area contributed by atoms with Gasteiger partial charge in [-0.25, -0.2) is 4.98 Å². The van der Waals surface area contributed by atoms with E-state index >= 15 is 0 Å². The summed E-state index contributed by atoms with van der Waals surface area (Å²) >= 11 is 5.92. The van der Waals surface area contributed by atoms with Gasteiger partial charge in [-0.3, -0.25) is 9.20 Å². The van der Waals surface area contributed by atoms with Gasteiger partial charge < -0.3 is 5.32 Å². The molecule has 4 nitrogen and oxygen atoms in total. The van der Waals surface area contributed by atoms with E-state index in [-0.39, 0.29) is 12.3 Å². The van der Waals surface area contributed by atoms with Gasteiger partial charge in [0.05, 0.1) is 12.6 Å². The molecule has 0 radical (unpaired) electrons. The molecular weight excluding hydrogens is 286 g/mol. The summed E-state index contributed by atoms with van der Waals surface area (Å²) in [5.74, 6) is 0.566. The minimum absolute atomic E-state index is 0.0976. The van der Waals surface area contributed by atoms with Crippen molar-refractivity contribution < 1.29 is 4.79 Å². The molecule has 1 aromatic carbocycles. The first kappa shape index (κ1) is 13.6. The Morgan fingerprint density at radius 1 is 1.33 bits per heavy atom. The Bertz CT molecular complexity index is 810. The molecule has 0 saturated heterocycles. The highest BCUT2D eigenvalue weighted by Crippen LogP contribution is 2.15. The number of pyridine rings is 1. The first-order valence-corrected chi connectivity index (χ1v) is 6.97. The number of amides is 1. The average molecular weight is 300 g/mol. The number of nitrogens with one attached hydrogen (secondary N) is 1. The lowest BCUT2D eigenvalue weighted by molar-refractivity contribution is -0.115. The first-order valence-electron chi connectivity index (χ1n) is 6.60. The van der Waals surface area contributed by atoms with Gasteiger partial charge in [0.25, 0.3) is 0 Å². The van der Waals surface area contributed by atoms with Crippen molar-refractivity contribution in [1.29, 1.82) is 0 Å². The Morgan fingerprint density at radius 3 is 3.00 bits per heavy atom. The third-order valence-corrected chi connectivity index (χ3v) is 3.43. The Hall–Kier alpha value is -2.33. The van der Waals surface area contributed by atoms with Crippen molar-refractivity contribution in [2.75, 3.05) is 5.32 Å². The molecule has 1 amide bonds. The molecule has 0 saturated carbocycles. The van der Waals surface area contributed by atoms with Crippen LogP contribution in [0.2, 0.25) is 5.02 Å². The van der Waals surface area contributed by atoms with Crippen LogP contribution in [0.15, 0.2) is 48.8 Å². The zero-order chi connectivity index (χ0) is 14.8. The van der Waals surface area contributed by atoms with Crippen molar-refractivity contribution in [3.8, 4) is 0 Å². The third-order valence-electron chi connectivity index (χ3n) is 3.19. The Morgan fingerprint density at radius 2 is 2.19 bits per heavy atom. The molecule has 0 aliphatic heterocycles. The number of hydrogen-bond acceptors (Lipinski definition) is 2. The lowest BCUT2D eigenvalue weighted by atomic mass is 10.1. The molecule has 0 aliphatic carbocycles. The van der Waals surface area contributed by atoms with Crippen molar-refractivity contribution >= 4 is 29.0 Å². The quantitative estimate of drug-likeness (QED) is 0.805. The molecule has 5 heteroatoms. The summed E-state index contributed by atoms with van der Waals surface area (Å²) in [4.78, 5) is 16.4. The molecule has 0 aliphatic rings. The number of nitrogens with zero attached hydrogens (tertiary/aromatic N) is 2. The summed E-state index contributed by atoms with van der Waals surface area (Å²) in [6.07, 6.45) is 3.83. The highest BCUT2D eigenvalue weighted by molar-refractivity contribution is 6.30. The monoisotopic (exact) mass is 299 g/mol. The van der Waals surface area contributed by atoms with Crippen LogP contribution in [0.1, 0.15) is 11.1 Å². The number of rotatable bonds is 3. The molecule has 3 aromatic rings. The van der Waals surface area contributed by atoms with E-state index in [4.69, 9.17) is 11.6 Å². The lowest BCUT2D eigenvalue weighted by Crippen LogP contribution is -2.15. The average Bonchev–Trinajstić information content (AvgIpc) is 2.81. The van der Waals surface area contributed by atoms with Crippen LogP contribution in [0, 0.1) is 6.92 Å². The van der Waals surface area contributed by atoms with Gasteiger partial charge in [0.1, 0.15) is 11.5 Å². The second-order valence-electron chi connectivity index (χ2n) is 4.93. The van der Waals surface area contributed by atoms with E-state index < -0.39 is 0 Å². The molecular formula is C16H14ClN3O. The van der Waals surface area contributed by atoms with Gasteiger partial charge in [0.15, 0.2) is 0 Å². The van der Waals surface area contributed by atoms with E-state index in [0.29, 0.717) is 10.8 Å². The summed E-state index contributed by atoms with van der Waals surface area (Å²) in [6, 6.07) is 11.2. The van der Waals surface area contributed by atoms with Crippen molar-refractivity contribution in [2.45, 2.75) is 13.3 Å². The molecule has 0 fully saturated rings. The summed E-state index contributed by atoms with van der Waals surface area (Å²) < 4.78 is 1.85. The number of carbonyl (C=O) groups is 1. The maximum atomic E-state index is 12.1. The van der Waals surface area contributed by atoms with Crippen LogP contribution in [0.3, 0.4) is 0 Å². The molecule has 3 rings (SSSR count). The molecule has 21 heavy (non-hydrogen) atoms. The SMILES string of the molecule is Cc1ccn2c(NC(=O)Cc3cccc(Cl)c3)cnc2c1. The van der Waals surface area contributed by atoms with Crippen molar-refractivity contribution in [1.82, 2.24) is 9.38 Å². The van der Waals surface area contributed by atoms with Gasteiger partial charge in [-0.15, -0.1) is 0 Å². The van der Waals surface area contributed by atoms with E-state index in [2.05, 4.69) is 10.3 Å². The van der Waals surface area contributed by atoms with Crippen LogP contribution in [0.5, 0.6) is 0 Å². The highest BCUT2D eigenvalue weighted by Gasteiger charge is 2.08. The fraction of sp³-hybridized carbons (Fsp3) is 0.125. The van der Waals surface area contributed by atoms with Gasteiger partial charge >= 0.3 is 0 Å². The smallest absolute Gasteiger partial charge is 0.229 e. The van der Waals surface area contributed by atoms with E-state index in [1.807, 2.05) is 41.8 Å². The van der Waals surface area contributed by atoms with Crippen molar-refractivity contribution in [2.24, 2.45) is 0 Å². The number of anilines is 1. The third kappa shape index (κ3) is 3.06. The number of aromatic nitrogens is 2. The van der Waals surface area contributed by atoms with Gasteiger partial charge in [-0.2, -0.15) is 0 Å². The van der Waals surface area contributed by atoms with Crippen LogP contribution >= 0.6 is 11.6 Å². The largest absolute Gasteiger partial charge is 0.310 e. The maximum Gasteiger partial charge on any atom is 0.229 e. The minimum Gasteiger partial charge on any atom is -0.310 e. The predicted molar refractivity (Wildman–Crippen MR) is 83.7 cm³/mol. The second kappa shape index (κ2) is 5.58. The zero-order valence-electron chi connectivity index (χ0n) is 11.5. The van der Waals surface area contributed by atoms with Crippen LogP contribution in [0.4, 0.5) is 5.82 Å². The van der Waals surface area contributed by atoms with E-state index in [9.17, 15) is 4.79 Å². The highest BCUT2D eigenvalue weighted by atomic mass is 35.5. The molecule has 2 heterocycles. The summed E-state index contributed by atoms with van der Waals surface area (Å²) in [5.41, 5.74) is 2.82. The first-order chi connectivity index (χ1) is 10.1. The zero-order valence-corrected chi connectivity index (χ0v) is 12.3. The fourth-order valence-corrected chi connectivity index (χ4v) is 2.41. The van der Waals surface area contributed by atoms with Crippen LogP contribution < -0.4 is 5.32 Å². The standard InChI is InChI=1S/C16H14ClN3O/c1-11-5-6-20-14(7-11)18-10-15(20)19-16(21)9-12-3-2-4-13(17)8-12/h2-8,10H,9H2,1H3,(H,19,21). The number of halogens is 1. The number of aryl methyl sites for hydroxylation is 1. The molecule has 1 N–H and O–H groups in total. The van der Waals surface area contributed by atoms with Gasteiger partial charge in [0, 0.05) is 11.2 Å². The molecule has 0 unspecified atom stereocenters. The van der Waals surface area contributed by atoms with Crippen molar-refractivity contribution in [3.63, 3.8) is 0 Å². The molecule has 0 spiro atoms. The summed E-state index contributed by atoms with van der Waals surface area (Å²) in [6.45, 7) is 2.01. The topological polar surface area (TPSA) is 46.4 Å². The van der Waals surface area contributed by atoms with E-state index in [1.54, 1.807) is 18.3 Å². The number of imidazole rings is 1. The number of benzene rings is 1. The molecule has 0 atom stereocenters. The fourth-order valence-electron chi connectivity index (χ4n) is 2.19. The van der Waals surface area contributed by atoms with E-state index in [0.717, 1.165) is 16.8 Å². The summed E-state index contributed by atoms with van der Waals surface area (Å²) in [7, 11) is 0. The predicted octanol–water partition coefficient (Wildman–Crippen LogP) is 3.48. The molecule has 106 valence electrons. The Kier molecular flexibility index (Phi) is 3.62. The van der Waals surface area contributed by atoms with E-state index in [1.165, 1.54) is 0 Å². The minimum atomic E-state index is -0.0976.